The summed E-state index contributed by atoms with van der Waals surface area (Å²) in [5, 5.41) is 0. The average molecular weight is 352 g/mol. The molecule has 0 saturated carbocycles. The Balaban J connectivity index is 1.73. The van der Waals surface area contributed by atoms with Gasteiger partial charge in [-0.2, -0.15) is 4.31 Å². The lowest BCUT2D eigenvalue weighted by Gasteiger charge is -2.21. The first-order valence-corrected chi connectivity index (χ1v) is 9.00. The zero-order valence-electron chi connectivity index (χ0n) is 12.9. The molecule has 1 saturated heterocycles. The largest absolute Gasteiger partial charge is 0.472 e. The summed E-state index contributed by atoms with van der Waals surface area (Å²) >= 11 is 0. The van der Waals surface area contributed by atoms with E-state index in [0.29, 0.717) is 31.6 Å². The molecule has 0 spiro atoms. The van der Waals surface area contributed by atoms with E-state index < -0.39 is 15.8 Å². The van der Waals surface area contributed by atoms with Crippen LogP contribution in [0.4, 0.5) is 4.39 Å². The Morgan fingerprint density at radius 2 is 1.79 bits per heavy atom. The second-order valence-corrected chi connectivity index (χ2v) is 7.45. The van der Waals surface area contributed by atoms with Crippen molar-refractivity contribution in [1.29, 1.82) is 0 Å². The van der Waals surface area contributed by atoms with Crippen LogP contribution in [0.25, 0.3) is 0 Å². The van der Waals surface area contributed by atoms with E-state index >= 15 is 0 Å². The van der Waals surface area contributed by atoms with Gasteiger partial charge in [0.25, 0.3) is 5.91 Å². The van der Waals surface area contributed by atoms with Crippen LogP contribution in [0.5, 0.6) is 0 Å². The molecule has 1 amide bonds. The highest BCUT2D eigenvalue weighted by Crippen LogP contribution is 2.19. The molecule has 128 valence electrons. The topological polar surface area (TPSA) is 70.8 Å². The van der Waals surface area contributed by atoms with Crippen LogP contribution in [0.2, 0.25) is 0 Å². The smallest absolute Gasteiger partial charge is 0.257 e. The third-order valence-corrected chi connectivity index (χ3v) is 5.87. The van der Waals surface area contributed by atoms with Gasteiger partial charge in [0.1, 0.15) is 12.1 Å². The average Bonchev–Trinajstić information content (AvgIpc) is 2.98. The molecule has 0 unspecified atom stereocenters. The first-order chi connectivity index (χ1) is 11.5. The van der Waals surface area contributed by atoms with E-state index in [4.69, 9.17) is 4.42 Å². The van der Waals surface area contributed by atoms with Crippen LogP contribution in [0.15, 0.2) is 52.2 Å². The summed E-state index contributed by atoms with van der Waals surface area (Å²) in [6, 6.07) is 6.34. The molecule has 0 aliphatic carbocycles. The molecular formula is C16H17FN2O4S. The van der Waals surface area contributed by atoms with Crippen LogP contribution in [0.3, 0.4) is 0 Å². The number of halogens is 1. The zero-order chi connectivity index (χ0) is 17.2. The summed E-state index contributed by atoms with van der Waals surface area (Å²) in [5.41, 5.74) is 0.449. The van der Waals surface area contributed by atoms with Gasteiger partial charge < -0.3 is 9.32 Å². The number of amides is 1. The molecule has 2 heterocycles. The summed E-state index contributed by atoms with van der Waals surface area (Å²) in [7, 11) is -3.69. The van der Waals surface area contributed by atoms with Crippen LogP contribution < -0.4 is 0 Å². The Bertz CT molecular complexity index is 803. The molecule has 1 aromatic carbocycles. The summed E-state index contributed by atoms with van der Waals surface area (Å²) in [5.74, 6) is -0.661. The van der Waals surface area contributed by atoms with Gasteiger partial charge >= 0.3 is 0 Å². The molecule has 1 aromatic heterocycles. The highest BCUT2D eigenvalue weighted by atomic mass is 32.2. The van der Waals surface area contributed by atoms with Gasteiger partial charge in [0.2, 0.25) is 10.0 Å². The van der Waals surface area contributed by atoms with Gasteiger partial charge in [-0.1, -0.05) is 0 Å². The highest BCUT2D eigenvalue weighted by Gasteiger charge is 2.28. The third kappa shape index (κ3) is 3.34. The van der Waals surface area contributed by atoms with E-state index in [9.17, 15) is 17.6 Å². The van der Waals surface area contributed by atoms with Gasteiger partial charge in [0.05, 0.1) is 16.7 Å². The van der Waals surface area contributed by atoms with E-state index in [0.717, 1.165) is 12.1 Å². The minimum atomic E-state index is -3.69. The maximum Gasteiger partial charge on any atom is 0.257 e. The van der Waals surface area contributed by atoms with Crippen molar-refractivity contribution in [3.05, 3.63) is 54.2 Å². The first kappa shape index (κ1) is 16.7. The van der Waals surface area contributed by atoms with Crippen LogP contribution in [0.1, 0.15) is 16.8 Å². The molecule has 24 heavy (non-hydrogen) atoms. The molecule has 0 atom stereocenters. The predicted octanol–water partition coefficient (Wildman–Crippen LogP) is 1.96. The van der Waals surface area contributed by atoms with Gasteiger partial charge in [0.15, 0.2) is 0 Å². The zero-order valence-corrected chi connectivity index (χ0v) is 13.7. The van der Waals surface area contributed by atoms with Crippen molar-refractivity contribution in [3.8, 4) is 0 Å². The third-order valence-electron chi connectivity index (χ3n) is 3.96. The van der Waals surface area contributed by atoms with Crippen LogP contribution in [-0.4, -0.2) is 49.7 Å². The minimum Gasteiger partial charge on any atom is -0.472 e. The Morgan fingerprint density at radius 1 is 1.04 bits per heavy atom. The number of nitrogens with zero attached hydrogens (tertiary/aromatic N) is 2. The monoisotopic (exact) mass is 352 g/mol. The molecule has 6 nitrogen and oxygen atoms in total. The molecule has 1 fully saturated rings. The molecule has 3 rings (SSSR count). The number of carbonyl (C=O) groups is 1. The van der Waals surface area contributed by atoms with Crippen molar-refractivity contribution in [2.45, 2.75) is 11.3 Å². The number of furan rings is 1. The van der Waals surface area contributed by atoms with Gasteiger partial charge in [-0.05, 0) is 36.8 Å². The standard InChI is InChI=1S/C16H17FN2O4S/c17-14-2-4-15(5-3-14)24(21,22)19-8-1-7-18(9-10-19)16(20)13-6-11-23-12-13/h2-6,11-12H,1,7-10H2. The van der Waals surface area contributed by atoms with E-state index in [1.807, 2.05) is 0 Å². The molecule has 2 aromatic rings. The number of hydrogen-bond donors (Lipinski definition) is 0. The lowest BCUT2D eigenvalue weighted by atomic mass is 10.3. The fraction of sp³-hybridized carbons (Fsp3) is 0.312. The molecule has 0 N–H and O–H groups in total. The van der Waals surface area contributed by atoms with E-state index in [2.05, 4.69) is 0 Å². The molecule has 8 heteroatoms. The summed E-state index contributed by atoms with van der Waals surface area (Å²) in [6.45, 7) is 1.28. The van der Waals surface area contributed by atoms with Gasteiger partial charge in [-0.15, -0.1) is 0 Å². The van der Waals surface area contributed by atoms with E-state index in [-0.39, 0.29) is 17.3 Å². The number of benzene rings is 1. The number of hydrogen-bond acceptors (Lipinski definition) is 4. The fourth-order valence-electron chi connectivity index (χ4n) is 2.66. The lowest BCUT2D eigenvalue weighted by molar-refractivity contribution is 0.0763. The minimum absolute atomic E-state index is 0.0542. The van der Waals surface area contributed by atoms with Crippen LogP contribution in [0, 0.1) is 5.82 Å². The van der Waals surface area contributed by atoms with E-state index in [1.54, 1.807) is 11.0 Å². The van der Waals surface area contributed by atoms with Crippen molar-refractivity contribution in [3.63, 3.8) is 0 Å². The lowest BCUT2D eigenvalue weighted by Crippen LogP contribution is -2.37. The van der Waals surface area contributed by atoms with Crippen molar-refractivity contribution in [1.82, 2.24) is 9.21 Å². The van der Waals surface area contributed by atoms with Crippen molar-refractivity contribution in [2.24, 2.45) is 0 Å². The number of sulfonamides is 1. The Kier molecular flexibility index (Phi) is 4.68. The number of rotatable bonds is 3. The van der Waals surface area contributed by atoms with Crippen molar-refractivity contribution in [2.75, 3.05) is 26.2 Å². The second kappa shape index (κ2) is 6.74. The first-order valence-electron chi connectivity index (χ1n) is 7.56. The number of carbonyl (C=O) groups excluding carboxylic acids is 1. The SMILES string of the molecule is O=C(c1ccoc1)N1CCCN(S(=O)(=O)c2ccc(F)cc2)CC1. The maximum absolute atomic E-state index is 13.0. The van der Waals surface area contributed by atoms with Crippen molar-refractivity contribution < 1.29 is 22.0 Å². The van der Waals surface area contributed by atoms with Crippen LogP contribution in [-0.2, 0) is 10.0 Å². The molecule has 1 aliphatic heterocycles. The molecule has 0 bridgehead atoms. The fourth-order valence-corrected chi connectivity index (χ4v) is 4.13. The Hall–Kier alpha value is -2.19. The predicted molar refractivity (Wildman–Crippen MR) is 84.4 cm³/mol. The summed E-state index contributed by atoms with van der Waals surface area (Å²) in [6.07, 6.45) is 3.33. The quantitative estimate of drug-likeness (QED) is 0.847. The van der Waals surface area contributed by atoms with Gasteiger partial charge in [0, 0.05) is 26.2 Å². The normalized spacial score (nSPS) is 16.8. The van der Waals surface area contributed by atoms with E-state index in [1.165, 1.54) is 29.0 Å². The molecular weight excluding hydrogens is 335 g/mol. The summed E-state index contributed by atoms with van der Waals surface area (Å²) in [4.78, 5) is 14.0. The van der Waals surface area contributed by atoms with Gasteiger partial charge in [-0.3, -0.25) is 4.79 Å². The Morgan fingerprint density at radius 3 is 2.46 bits per heavy atom. The van der Waals surface area contributed by atoms with Crippen molar-refractivity contribution >= 4 is 15.9 Å². The Labute approximate surface area is 139 Å². The van der Waals surface area contributed by atoms with Crippen LogP contribution >= 0.6 is 0 Å². The highest BCUT2D eigenvalue weighted by molar-refractivity contribution is 7.89. The molecule has 0 radical (unpaired) electrons. The van der Waals surface area contributed by atoms with Gasteiger partial charge in [-0.25, -0.2) is 12.8 Å². The second-order valence-electron chi connectivity index (χ2n) is 5.52. The molecule has 1 aliphatic rings. The summed E-state index contributed by atoms with van der Waals surface area (Å²) < 4.78 is 44.5. The maximum atomic E-state index is 13.0.